The molecule has 0 radical (unpaired) electrons. The number of ether oxygens (including phenoxy) is 4. The maximum Gasteiger partial charge on any atom is 0.349 e. The Labute approximate surface area is 284 Å². The van der Waals surface area contributed by atoms with Gasteiger partial charge in [-0.2, -0.15) is 0 Å². The zero-order valence-electron chi connectivity index (χ0n) is 30.6. The lowest BCUT2D eigenvalue weighted by molar-refractivity contribution is -0.148. The fourth-order valence-electron chi connectivity index (χ4n) is 8.59. The van der Waals surface area contributed by atoms with E-state index < -0.39 is 53.7 Å². The first kappa shape index (κ1) is 36.6. The molecule has 4 aliphatic rings. The molecule has 8 nitrogen and oxygen atoms in total. The predicted molar refractivity (Wildman–Crippen MR) is 188 cm³/mol. The van der Waals surface area contributed by atoms with Crippen LogP contribution in [-0.2, 0) is 43.6 Å². The summed E-state index contributed by atoms with van der Waals surface area (Å²) in [6.07, 6.45) is 0.856. The van der Waals surface area contributed by atoms with Crippen molar-refractivity contribution in [3.63, 3.8) is 0 Å². The number of allylic oxidation sites excluding steroid dienone is 1. The Morgan fingerprint density at radius 2 is 1.51 bits per heavy atom. The molecule has 1 aromatic rings. The average molecular weight is 687 g/mol. The molecule has 2 bridgehead atoms. The molecule has 0 aliphatic carbocycles. The minimum Gasteiger partial charge on any atom is -0.481 e. The van der Waals surface area contributed by atoms with E-state index in [1.165, 1.54) is 0 Å². The van der Waals surface area contributed by atoms with Crippen LogP contribution < -0.4 is 0 Å². The minimum atomic E-state index is -2.86. The van der Waals surface area contributed by atoms with E-state index >= 15 is 0 Å². The van der Waals surface area contributed by atoms with Gasteiger partial charge in [-0.25, -0.2) is 0 Å². The van der Waals surface area contributed by atoms with E-state index in [1.807, 2.05) is 42.5 Å². The number of carbonyl (C=O) groups excluding carboxylic acids is 1. The van der Waals surface area contributed by atoms with E-state index in [9.17, 15) is 4.79 Å². The summed E-state index contributed by atoms with van der Waals surface area (Å²) in [5, 5.41) is -0.414. The standard InChI is InChI=1S/C37H58O8Si2/c1-23(2)46(24(3)4,25(5)6)44-29-19-28(42-32-22-41-47(36(7,8)9,37(10,11)12)45-34(29)32)33(38)27-18-30(35-40-21-31(27)43-35)39-20-26-16-14-13-15-17-26/h13-19,23-25,29-32,34-35H,20-22H2,1-12H3/t29-,30-,31-,32-,34+,35+/m1/s1. The summed E-state index contributed by atoms with van der Waals surface area (Å²) in [5.41, 5.74) is 2.59. The van der Waals surface area contributed by atoms with Crippen molar-refractivity contribution in [1.29, 1.82) is 0 Å². The normalized spacial score (nSPS) is 29.4. The van der Waals surface area contributed by atoms with Gasteiger partial charge in [0.1, 0.15) is 24.4 Å². The zero-order valence-corrected chi connectivity index (χ0v) is 32.6. The molecule has 0 amide bonds. The molecule has 0 saturated carbocycles. The quantitative estimate of drug-likeness (QED) is 0.228. The number of carbonyl (C=O) groups is 1. The second kappa shape index (κ2) is 13.6. The van der Waals surface area contributed by atoms with Crippen LogP contribution in [0.5, 0.6) is 0 Å². The van der Waals surface area contributed by atoms with Crippen molar-refractivity contribution in [2.24, 2.45) is 0 Å². The van der Waals surface area contributed by atoms with Gasteiger partial charge in [0.25, 0.3) is 0 Å². The van der Waals surface area contributed by atoms with Gasteiger partial charge in [-0.15, -0.1) is 0 Å². The lowest BCUT2D eigenvalue weighted by Gasteiger charge is -2.57. The Morgan fingerprint density at radius 1 is 0.894 bits per heavy atom. The maximum absolute atomic E-state index is 14.4. The van der Waals surface area contributed by atoms with Crippen LogP contribution in [0.15, 0.2) is 53.8 Å². The summed E-state index contributed by atoms with van der Waals surface area (Å²) in [7, 11) is -5.25. The van der Waals surface area contributed by atoms with E-state index in [1.54, 1.807) is 0 Å². The molecular weight excluding hydrogens is 629 g/mol. The third kappa shape index (κ3) is 6.78. The van der Waals surface area contributed by atoms with E-state index in [0.717, 1.165) is 5.56 Å². The van der Waals surface area contributed by atoms with Crippen molar-refractivity contribution in [3.8, 4) is 0 Å². The molecule has 262 valence electrons. The van der Waals surface area contributed by atoms with Crippen LogP contribution in [0.25, 0.3) is 0 Å². The lowest BCUT2D eigenvalue weighted by Crippen LogP contribution is -2.68. The Hall–Kier alpha value is -1.64. The van der Waals surface area contributed by atoms with Crippen molar-refractivity contribution in [1.82, 2.24) is 0 Å². The summed E-state index contributed by atoms with van der Waals surface area (Å²) < 4.78 is 46.4. The highest BCUT2D eigenvalue weighted by Crippen LogP contribution is 2.56. The summed E-state index contributed by atoms with van der Waals surface area (Å²) in [4.78, 5) is 14.4. The van der Waals surface area contributed by atoms with Crippen molar-refractivity contribution in [2.45, 2.75) is 153 Å². The molecule has 0 N–H and O–H groups in total. The maximum atomic E-state index is 14.4. The monoisotopic (exact) mass is 686 g/mol. The lowest BCUT2D eigenvalue weighted by atomic mass is 9.96. The third-order valence-electron chi connectivity index (χ3n) is 10.5. The van der Waals surface area contributed by atoms with Gasteiger partial charge in [0, 0.05) is 15.6 Å². The molecule has 6 atom stereocenters. The van der Waals surface area contributed by atoms with Crippen LogP contribution >= 0.6 is 0 Å². The number of benzene rings is 1. The van der Waals surface area contributed by atoms with Gasteiger partial charge < -0.3 is 32.2 Å². The van der Waals surface area contributed by atoms with Crippen LogP contribution in [-0.4, -0.2) is 72.7 Å². The second-order valence-electron chi connectivity index (χ2n) is 16.6. The first-order valence-corrected chi connectivity index (χ1v) is 21.4. The summed E-state index contributed by atoms with van der Waals surface area (Å²) in [6, 6.07) is 9.95. The molecule has 47 heavy (non-hydrogen) atoms. The SMILES string of the molecule is CC(C)[Si](O[C@@H]1C=C(C(=O)C2=C[C@@H](OCc3ccccc3)[C@H]3OC[C@H]2O3)O[C@@H]2CO[Si](C(C)(C)C)(C(C)(C)C)O[C@@H]12)(C(C)C)C(C)C. The van der Waals surface area contributed by atoms with Crippen LogP contribution in [0.1, 0.15) is 88.6 Å². The molecule has 0 spiro atoms. The van der Waals surface area contributed by atoms with Crippen LogP contribution in [0.3, 0.4) is 0 Å². The van der Waals surface area contributed by atoms with Gasteiger partial charge >= 0.3 is 8.56 Å². The largest absolute Gasteiger partial charge is 0.481 e. The summed E-state index contributed by atoms with van der Waals surface area (Å²) in [5.74, 6) is 0.0243. The molecule has 2 saturated heterocycles. The highest BCUT2D eigenvalue weighted by molar-refractivity contribution is 6.77. The first-order valence-electron chi connectivity index (χ1n) is 17.5. The molecule has 0 unspecified atom stereocenters. The Kier molecular flexibility index (Phi) is 10.6. The van der Waals surface area contributed by atoms with Gasteiger partial charge in [0.2, 0.25) is 14.1 Å². The minimum absolute atomic E-state index is 0.207. The van der Waals surface area contributed by atoms with Crippen LogP contribution in [0.4, 0.5) is 0 Å². The zero-order chi connectivity index (χ0) is 34.5. The van der Waals surface area contributed by atoms with Gasteiger partial charge in [-0.1, -0.05) is 113 Å². The van der Waals surface area contributed by atoms with Crippen LogP contribution in [0, 0.1) is 0 Å². The second-order valence-corrected chi connectivity index (χ2v) is 26.8. The predicted octanol–water partition coefficient (Wildman–Crippen LogP) is 8.12. The molecule has 10 heteroatoms. The molecule has 1 aromatic carbocycles. The molecule has 4 aliphatic heterocycles. The highest BCUT2D eigenvalue weighted by Gasteiger charge is 2.64. The fourth-order valence-corrected chi connectivity index (χ4v) is 19.0. The number of ketones is 1. The van der Waals surface area contributed by atoms with Gasteiger partial charge in [0.15, 0.2) is 12.0 Å². The molecular formula is C37H58O8Si2. The Morgan fingerprint density at radius 3 is 2.09 bits per heavy atom. The van der Waals surface area contributed by atoms with Gasteiger partial charge in [-0.05, 0) is 34.3 Å². The Bertz CT molecular complexity index is 1290. The smallest absolute Gasteiger partial charge is 0.349 e. The average Bonchev–Trinajstić information content (AvgIpc) is 3.41. The van der Waals surface area contributed by atoms with E-state index in [0.29, 0.717) is 35.4 Å². The number of rotatable bonds is 10. The van der Waals surface area contributed by atoms with E-state index in [2.05, 4.69) is 83.1 Å². The highest BCUT2D eigenvalue weighted by atomic mass is 28.4. The molecule has 0 aromatic heterocycles. The van der Waals surface area contributed by atoms with Gasteiger partial charge in [0.05, 0.1) is 25.9 Å². The summed E-state index contributed by atoms with van der Waals surface area (Å²) >= 11 is 0. The topological polar surface area (TPSA) is 81.7 Å². The molecule has 5 rings (SSSR count). The number of fused-ring (bicyclic) bond motifs is 3. The number of Topliss-reactive ketones (excluding diaryl/α,β-unsaturated/α-hetero) is 1. The van der Waals surface area contributed by atoms with Crippen molar-refractivity contribution >= 4 is 22.7 Å². The molecule has 4 heterocycles. The third-order valence-corrected chi connectivity index (χ3v) is 21.7. The number of hydrogen-bond acceptors (Lipinski definition) is 8. The van der Waals surface area contributed by atoms with E-state index in [4.69, 9.17) is 32.2 Å². The van der Waals surface area contributed by atoms with Crippen LogP contribution in [0.2, 0.25) is 26.7 Å². The van der Waals surface area contributed by atoms with Crippen molar-refractivity contribution in [2.75, 3.05) is 13.2 Å². The van der Waals surface area contributed by atoms with E-state index in [-0.39, 0.29) is 28.2 Å². The number of hydrogen-bond donors (Lipinski definition) is 0. The van der Waals surface area contributed by atoms with Crippen molar-refractivity contribution < 1.29 is 37.0 Å². The Balaban J connectivity index is 1.52. The summed E-state index contributed by atoms with van der Waals surface area (Å²) in [6.45, 7) is 28.0. The first-order chi connectivity index (χ1) is 21.9. The van der Waals surface area contributed by atoms with Gasteiger partial charge in [-0.3, -0.25) is 4.79 Å². The fraction of sp³-hybridized carbons (Fsp3) is 0.703. The van der Waals surface area contributed by atoms with Crippen molar-refractivity contribution in [3.05, 3.63) is 59.4 Å². The molecule has 2 fully saturated rings.